The highest BCUT2D eigenvalue weighted by molar-refractivity contribution is 7.89. The van der Waals surface area contributed by atoms with E-state index in [0.717, 1.165) is 9.21 Å². The Balaban J connectivity index is 1.52. The van der Waals surface area contributed by atoms with E-state index in [2.05, 4.69) is 5.32 Å². The zero-order valence-electron chi connectivity index (χ0n) is 17.9. The van der Waals surface area contributed by atoms with Crippen molar-refractivity contribution in [3.05, 3.63) is 88.9 Å². The van der Waals surface area contributed by atoms with Crippen LogP contribution in [0.5, 0.6) is 0 Å². The summed E-state index contributed by atoms with van der Waals surface area (Å²) in [5, 5.41) is 2.68. The van der Waals surface area contributed by atoms with Gasteiger partial charge in [-0.15, -0.1) is 0 Å². The van der Waals surface area contributed by atoms with Gasteiger partial charge >= 0.3 is 0 Å². The lowest BCUT2D eigenvalue weighted by Gasteiger charge is -2.15. The topological polar surface area (TPSA) is 117 Å². The van der Waals surface area contributed by atoms with Crippen molar-refractivity contribution < 1.29 is 27.2 Å². The van der Waals surface area contributed by atoms with Crippen LogP contribution in [0, 0.1) is 0 Å². The van der Waals surface area contributed by atoms with Crippen LogP contribution in [-0.2, 0) is 23.1 Å². The molecule has 1 aliphatic heterocycles. The average Bonchev–Trinajstić information content (AvgIpc) is 3.40. The summed E-state index contributed by atoms with van der Waals surface area (Å²) in [6.45, 7) is -0.0331. The zero-order chi connectivity index (χ0) is 23.8. The smallest absolute Gasteiger partial charge is 0.261 e. The molecular formula is C23H21N3O6S. The summed E-state index contributed by atoms with van der Waals surface area (Å²) in [5.41, 5.74) is 0.958. The quantitative estimate of drug-likeness (QED) is 0.533. The Hall–Kier alpha value is -3.76. The van der Waals surface area contributed by atoms with E-state index in [1.807, 2.05) is 0 Å². The molecule has 0 aliphatic carbocycles. The van der Waals surface area contributed by atoms with Crippen molar-refractivity contribution in [3.63, 3.8) is 0 Å². The molecule has 0 fully saturated rings. The molecule has 10 heteroatoms. The molecule has 0 spiro atoms. The molecule has 0 atom stereocenters. The molecule has 1 N–H and O–H groups in total. The molecule has 4 rings (SSSR count). The molecule has 1 aliphatic rings. The van der Waals surface area contributed by atoms with Crippen LogP contribution in [0.1, 0.15) is 42.4 Å². The van der Waals surface area contributed by atoms with Crippen LogP contribution in [0.3, 0.4) is 0 Å². The lowest BCUT2D eigenvalue weighted by atomic mass is 10.1. The van der Waals surface area contributed by atoms with E-state index in [4.69, 9.17) is 4.42 Å². The van der Waals surface area contributed by atoms with Crippen molar-refractivity contribution in [2.75, 3.05) is 14.1 Å². The van der Waals surface area contributed by atoms with E-state index in [-0.39, 0.29) is 34.7 Å². The highest BCUT2D eigenvalue weighted by atomic mass is 32.2. The van der Waals surface area contributed by atoms with Crippen molar-refractivity contribution in [3.8, 4) is 0 Å². The maximum Gasteiger partial charge on any atom is 0.261 e. The van der Waals surface area contributed by atoms with Gasteiger partial charge in [0, 0.05) is 26.2 Å². The molecule has 1 aromatic heterocycles. The number of rotatable bonds is 7. The summed E-state index contributed by atoms with van der Waals surface area (Å²) >= 11 is 0. The predicted molar refractivity (Wildman–Crippen MR) is 118 cm³/mol. The number of carbonyl (C=O) groups excluding carboxylic acids is 3. The molecule has 0 saturated carbocycles. The van der Waals surface area contributed by atoms with Gasteiger partial charge in [-0.2, -0.15) is 0 Å². The highest BCUT2D eigenvalue weighted by Gasteiger charge is 2.36. The molecule has 0 unspecified atom stereocenters. The van der Waals surface area contributed by atoms with Crippen LogP contribution in [0.2, 0.25) is 0 Å². The Kier molecular flexibility index (Phi) is 5.88. The number of amides is 3. The number of furan rings is 1. The Morgan fingerprint density at radius 3 is 2.42 bits per heavy atom. The van der Waals surface area contributed by atoms with Gasteiger partial charge in [-0.25, -0.2) is 12.7 Å². The Morgan fingerprint density at radius 1 is 1.00 bits per heavy atom. The van der Waals surface area contributed by atoms with Crippen LogP contribution in [0.4, 0.5) is 0 Å². The normalized spacial score (nSPS) is 13.5. The van der Waals surface area contributed by atoms with E-state index in [9.17, 15) is 22.8 Å². The van der Waals surface area contributed by atoms with Crippen LogP contribution >= 0.6 is 0 Å². The van der Waals surface area contributed by atoms with E-state index in [1.165, 1.54) is 44.6 Å². The molecular weight excluding hydrogens is 446 g/mol. The van der Waals surface area contributed by atoms with E-state index in [0.29, 0.717) is 11.3 Å². The van der Waals surface area contributed by atoms with Gasteiger partial charge in [-0.05, 0) is 42.0 Å². The third-order valence-corrected chi connectivity index (χ3v) is 7.21. The fourth-order valence-corrected chi connectivity index (χ4v) is 4.63. The first-order valence-corrected chi connectivity index (χ1v) is 11.5. The van der Waals surface area contributed by atoms with E-state index >= 15 is 0 Å². The number of nitrogens with one attached hydrogen (secondary N) is 1. The highest BCUT2D eigenvalue weighted by Crippen LogP contribution is 2.26. The molecule has 0 radical (unpaired) electrons. The van der Waals surface area contributed by atoms with Gasteiger partial charge in [0.05, 0.1) is 28.8 Å². The SMILES string of the molecule is CN(C)S(=O)(=O)c1ccccc1CNC(=O)c1ccc2c(c1)C(=O)N(Cc1ccco1)C2=O. The van der Waals surface area contributed by atoms with Gasteiger partial charge in [0.15, 0.2) is 0 Å². The van der Waals surface area contributed by atoms with Crippen molar-refractivity contribution >= 4 is 27.7 Å². The number of benzene rings is 2. The van der Waals surface area contributed by atoms with E-state index in [1.54, 1.807) is 30.3 Å². The fraction of sp³-hybridized carbons (Fsp3) is 0.174. The second kappa shape index (κ2) is 8.64. The van der Waals surface area contributed by atoms with Crippen LogP contribution in [0.25, 0.3) is 0 Å². The predicted octanol–water partition coefficient (Wildman–Crippen LogP) is 2.26. The second-order valence-electron chi connectivity index (χ2n) is 7.61. The molecule has 3 amide bonds. The summed E-state index contributed by atoms with van der Waals surface area (Å²) in [6, 6.07) is 14.0. The molecule has 0 saturated heterocycles. The second-order valence-corrected chi connectivity index (χ2v) is 9.73. The molecule has 33 heavy (non-hydrogen) atoms. The maximum atomic E-state index is 12.8. The van der Waals surface area contributed by atoms with Gasteiger partial charge in [0.25, 0.3) is 17.7 Å². The minimum atomic E-state index is -3.68. The number of nitrogens with zero attached hydrogens (tertiary/aromatic N) is 2. The number of fused-ring (bicyclic) bond motifs is 1. The van der Waals surface area contributed by atoms with Crippen molar-refractivity contribution in [2.45, 2.75) is 18.0 Å². The molecule has 3 aromatic rings. The number of sulfonamides is 1. The van der Waals surface area contributed by atoms with Crippen molar-refractivity contribution in [2.24, 2.45) is 0 Å². The van der Waals surface area contributed by atoms with Gasteiger partial charge in [0.1, 0.15) is 5.76 Å². The summed E-state index contributed by atoms with van der Waals surface area (Å²) < 4.78 is 31.4. The number of carbonyl (C=O) groups is 3. The largest absolute Gasteiger partial charge is 0.467 e. The lowest BCUT2D eigenvalue weighted by molar-refractivity contribution is 0.0631. The molecule has 2 heterocycles. The monoisotopic (exact) mass is 467 g/mol. The summed E-state index contributed by atoms with van der Waals surface area (Å²) in [5.74, 6) is -1.00. The minimum absolute atomic E-state index is 0.00197. The zero-order valence-corrected chi connectivity index (χ0v) is 18.8. The van der Waals surface area contributed by atoms with Gasteiger partial charge < -0.3 is 9.73 Å². The Labute approximate surface area is 190 Å². The van der Waals surface area contributed by atoms with Gasteiger partial charge in [-0.3, -0.25) is 19.3 Å². The fourth-order valence-electron chi connectivity index (χ4n) is 3.51. The maximum absolute atomic E-state index is 12.8. The lowest BCUT2D eigenvalue weighted by Crippen LogP contribution is -2.28. The third kappa shape index (κ3) is 4.18. The molecule has 0 bridgehead atoms. The van der Waals surface area contributed by atoms with E-state index < -0.39 is 27.7 Å². The average molecular weight is 468 g/mol. The molecule has 170 valence electrons. The Morgan fingerprint density at radius 2 is 1.73 bits per heavy atom. The number of hydrogen-bond acceptors (Lipinski definition) is 6. The summed E-state index contributed by atoms with van der Waals surface area (Å²) in [4.78, 5) is 39.3. The first kappa shape index (κ1) is 22.4. The summed E-state index contributed by atoms with van der Waals surface area (Å²) in [6.07, 6.45) is 1.46. The van der Waals surface area contributed by atoms with Crippen molar-refractivity contribution in [1.29, 1.82) is 0 Å². The molecule has 2 aromatic carbocycles. The van der Waals surface area contributed by atoms with Gasteiger partial charge in [0.2, 0.25) is 10.0 Å². The molecule has 9 nitrogen and oxygen atoms in total. The van der Waals surface area contributed by atoms with Crippen LogP contribution < -0.4 is 5.32 Å². The third-order valence-electron chi connectivity index (χ3n) is 5.30. The summed E-state index contributed by atoms with van der Waals surface area (Å²) in [7, 11) is -0.816. The van der Waals surface area contributed by atoms with Crippen LogP contribution in [0.15, 0.2) is 70.2 Å². The standard InChI is InChI=1S/C23H21N3O6S/c1-25(2)33(30,31)20-8-4-3-6-16(20)13-24-21(27)15-9-10-18-19(12-15)23(29)26(22(18)28)14-17-7-5-11-32-17/h3-12H,13-14H2,1-2H3,(H,24,27). The van der Waals surface area contributed by atoms with Crippen LogP contribution in [-0.4, -0.2) is 49.4 Å². The first-order chi connectivity index (χ1) is 15.7. The number of hydrogen-bond donors (Lipinski definition) is 1. The first-order valence-electron chi connectivity index (χ1n) is 10.0. The Bertz CT molecular complexity index is 1350. The number of imide groups is 1. The van der Waals surface area contributed by atoms with Gasteiger partial charge in [-0.1, -0.05) is 18.2 Å². The van der Waals surface area contributed by atoms with Crippen molar-refractivity contribution in [1.82, 2.24) is 14.5 Å². The minimum Gasteiger partial charge on any atom is -0.467 e.